The van der Waals surface area contributed by atoms with E-state index in [1.807, 2.05) is 23.2 Å². The van der Waals surface area contributed by atoms with E-state index in [0.717, 1.165) is 17.8 Å². The zero-order chi connectivity index (χ0) is 13.0. The fourth-order valence-electron chi connectivity index (χ4n) is 2.25. The molecule has 1 atom stereocenters. The molecule has 0 aliphatic heterocycles. The number of nitrogens with zero attached hydrogens (tertiary/aromatic N) is 2. The van der Waals surface area contributed by atoms with Gasteiger partial charge in [-0.3, -0.25) is 0 Å². The molecule has 1 unspecified atom stereocenters. The van der Waals surface area contributed by atoms with Crippen LogP contribution in [0.1, 0.15) is 27.2 Å². The van der Waals surface area contributed by atoms with Crippen LogP contribution in [0.3, 0.4) is 0 Å². The third-order valence-corrected chi connectivity index (χ3v) is 2.91. The van der Waals surface area contributed by atoms with Gasteiger partial charge in [0.2, 0.25) is 0 Å². The lowest BCUT2D eigenvalue weighted by atomic mass is 10.0. The van der Waals surface area contributed by atoms with Crippen molar-refractivity contribution < 1.29 is 0 Å². The molecule has 1 heterocycles. The standard InChI is InChI=1S/C15H21N3/c1-12(2)10-13(3)17-14-6-4-5-7-15(14)18-9-8-16-11-18/h4-9,11-13,17H,10H2,1-3H3. The van der Waals surface area contributed by atoms with E-state index < -0.39 is 0 Å². The van der Waals surface area contributed by atoms with Crippen molar-refractivity contribution in [3.05, 3.63) is 43.0 Å². The van der Waals surface area contributed by atoms with Gasteiger partial charge in [0.25, 0.3) is 0 Å². The maximum absolute atomic E-state index is 4.10. The summed E-state index contributed by atoms with van der Waals surface area (Å²) in [5.41, 5.74) is 2.30. The summed E-state index contributed by atoms with van der Waals surface area (Å²) < 4.78 is 2.03. The molecule has 3 heteroatoms. The Balaban J connectivity index is 2.18. The molecule has 0 fully saturated rings. The summed E-state index contributed by atoms with van der Waals surface area (Å²) in [5.74, 6) is 0.702. The number of aromatic nitrogens is 2. The maximum Gasteiger partial charge on any atom is 0.0992 e. The minimum Gasteiger partial charge on any atom is -0.381 e. The predicted molar refractivity (Wildman–Crippen MR) is 76.1 cm³/mol. The number of nitrogens with one attached hydrogen (secondary N) is 1. The lowest BCUT2D eigenvalue weighted by molar-refractivity contribution is 0.539. The molecule has 0 radical (unpaired) electrons. The van der Waals surface area contributed by atoms with Crippen LogP contribution in [0.25, 0.3) is 5.69 Å². The van der Waals surface area contributed by atoms with E-state index in [0.29, 0.717) is 12.0 Å². The van der Waals surface area contributed by atoms with Crippen molar-refractivity contribution in [1.82, 2.24) is 9.55 Å². The second-order valence-electron chi connectivity index (χ2n) is 5.16. The Labute approximate surface area is 109 Å². The highest BCUT2D eigenvalue weighted by atomic mass is 15.1. The van der Waals surface area contributed by atoms with Crippen LogP contribution < -0.4 is 5.32 Å². The number of hydrogen-bond donors (Lipinski definition) is 1. The van der Waals surface area contributed by atoms with Crippen molar-refractivity contribution in [3.63, 3.8) is 0 Å². The normalized spacial score (nSPS) is 12.7. The van der Waals surface area contributed by atoms with Crippen LogP contribution in [-0.4, -0.2) is 15.6 Å². The number of imidazole rings is 1. The first-order valence-electron chi connectivity index (χ1n) is 6.50. The maximum atomic E-state index is 4.10. The molecule has 0 aliphatic rings. The summed E-state index contributed by atoms with van der Waals surface area (Å²) in [6.45, 7) is 6.73. The predicted octanol–water partition coefficient (Wildman–Crippen LogP) is 3.72. The Morgan fingerprint density at radius 2 is 2.00 bits per heavy atom. The topological polar surface area (TPSA) is 29.9 Å². The molecular formula is C15H21N3. The second-order valence-corrected chi connectivity index (χ2v) is 5.16. The molecule has 96 valence electrons. The Hall–Kier alpha value is -1.77. The number of para-hydroxylation sites is 2. The van der Waals surface area contributed by atoms with Crippen molar-refractivity contribution in [2.24, 2.45) is 5.92 Å². The number of hydrogen-bond acceptors (Lipinski definition) is 2. The Kier molecular flexibility index (Phi) is 4.03. The fourth-order valence-corrected chi connectivity index (χ4v) is 2.25. The van der Waals surface area contributed by atoms with Crippen molar-refractivity contribution in [1.29, 1.82) is 0 Å². The Bertz CT molecular complexity index is 474. The molecular weight excluding hydrogens is 222 g/mol. The summed E-state index contributed by atoms with van der Waals surface area (Å²) in [6.07, 6.45) is 6.76. The molecule has 0 spiro atoms. The fraction of sp³-hybridized carbons (Fsp3) is 0.400. The summed E-state index contributed by atoms with van der Waals surface area (Å²) in [4.78, 5) is 4.10. The molecule has 1 aromatic heterocycles. The van der Waals surface area contributed by atoms with Gasteiger partial charge in [-0.05, 0) is 31.4 Å². The minimum atomic E-state index is 0.467. The van der Waals surface area contributed by atoms with Crippen LogP contribution in [0.5, 0.6) is 0 Å². The number of anilines is 1. The Morgan fingerprint density at radius 1 is 1.22 bits per heavy atom. The van der Waals surface area contributed by atoms with E-state index >= 15 is 0 Å². The van der Waals surface area contributed by atoms with Crippen molar-refractivity contribution >= 4 is 5.69 Å². The summed E-state index contributed by atoms with van der Waals surface area (Å²) >= 11 is 0. The highest BCUT2D eigenvalue weighted by molar-refractivity contribution is 5.61. The van der Waals surface area contributed by atoms with E-state index in [2.05, 4.69) is 49.3 Å². The van der Waals surface area contributed by atoms with E-state index in [9.17, 15) is 0 Å². The average Bonchev–Trinajstić information content (AvgIpc) is 2.81. The van der Waals surface area contributed by atoms with Crippen molar-refractivity contribution in [2.45, 2.75) is 33.2 Å². The lowest BCUT2D eigenvalue weighted by Gasteiger charge is -2.19. The quantitative estimate of drug-likeness (QED) is 0.867. The second kappa shape index (κ2) is 5.71. The van der Waals surface area contributed by atoms with Crippen LogP contribution in [0.4, 0.5) is 5.69 Å². The Morgan fingerprint density at radius 3 is 2.67 bits per heavy atom. The summed E-state index contributed by atoms with van der Waals surface area (Å²) in [5, 5.41) is 3.58. The van der Waals surface area contributed by atoms with Crippen LogP contribution in [0, 0.1) is 5.92 Å². The van der Waals surface area contributed by atoms with E-state index in [1.165, 1.54) is 0 Å². The molecule has 18 heavy (non-hydrogen) atoms. The van der Waals surface area contributed by atoms with Gasteiger partial charge in [-0.25, -0.2) is 4.98 Å². The molecule has 0 amide bonds. The minimum absolute atomic E-state index is 0.467. The first-order valence-corrected chi connectivity index (χ1v) is 6.50. The van der Waals surface area contributed by atoms with Gasteiger partial charge in [0.1, 0.15) is 0 Å². The van der Waals surface area contributed by atoms with Crippen LogP contribution >= 0.6 is 0 Å². The molecule has 3 nitrogen and oxygen atoms in total. The highest BCUT2D eigenvalue weighted by Crippen LogP contribution is 2.21. The van der Waals surface area contributed by atoms with Gasteiger partial charge < -0.3 is 9.88 Å². The van der Waals surface area contributed by atoms with E-state index in [4.69, 9.17) is 0 Å². The van der Waals surface area contributed by atoms with Gasteiger partial charge >= 0.3 is 0 Å². The van der Waals surface area contributed by atoms with Gasteiger partial charge in [-0.1, -0.05) is 26.0 Å². The zero-order valence-electron chi connectivity index (χ0n) is 11.3. The van der Waals surface area contributed by atoms with Gasteiger partial charge in [-0.2, -0.15) is 0 Å². The first kappa shape index (κ1) is 12.7. The van der Waals surface area contributed by atoms with Gasteiger partial charge in [0, 0.05) is 18.4 Å². The third-order valence-electron chi connectivity index (χ3n) is 2.91. The number of benzene rings is 1. The van der Waals surface area contributed by atoms with Crippen molar-refractivity contribution in [2.75, 3.05) is 5.32 Å². The molecule has 1 N–H and O–H groups in total. The molecule has 0 aliphatic carbocycles. The SMILES string of the molecule is CC(C)CC(C)Nc1ccccc1-n1ccnc1. The first-order chi connectivity index (χ1) is 8.66. The molecule has 1 aromatic carbocycles. The molecule has 2 rings (SSSR count). The zero-order valence-corrected chi connectivity index (χ0v) is 11.3. The molecule has 0 bridgehead atoms. The van der Waals surface area contributed by atoms with E-state index in [-0.39, 0.29) is 0 Å². The number of rotatable bonds is 5. The smallest absolute Gasteiger partial charge is 0.0992 e. The highest BCUT2D eigenvalue weighted by Gasteiger charge is 2.08. The third kappa shape index (κ3) is 3.13. The van der Waals surface area contributed by atoms with Gasteiger partial charge in [0.15, 0.2) is 0 Å². The van der Waals surface area contributed by atoms with Gasteiger partial charge in [-0.15, -0.1) is 0 Å². The lowest BCUT2D eigenvalue weighted by Crippen LogP contribution is -2.18. The largest absolute Gasteiger partial charge is 0.381 e. The summed E-state index contributed by atoms with van der Waals surface area (Å²) in [7, 11) is 0. The van der Waals surface area contributed by atoms with Gasteiger partial charge in [0.05, 0.1) is 17.7 Å². The van der Waals surface area contributed by atoms with E-state index in [1.54, 1.807) is 6.20 Å². The molecule has 2 aromatic rings. The van der Waals surface area contributed by atoms with Crippen LogP contribution in [-0.2, 0) is 0 Å². The van der Waals surface area contributed by atoms with Crippen LogP contribution in [0.2, 0.25) is 0 Å². The summed E-state index contributed by atoms with van der Waals surface area (Å²) in [6, 6.07) is 8.80. The molecule has 0 saturated heterocycles. The average molecular weight is 243 g/mol. The molecule has 0 saturated carbocycles. The van der Waals surface area contributed by atoms with Crippen molar-refractivity contribution in [3.8, 4) is 5.69 Å². The monoisotopic (exact) mass is 243 g/mol. The van der Waals surface area contributed by atoms with Crippen LogP contribution in [0.15, 0.2) is 43.0 Å².